The largest absolute Gasteiger partial charge is 0.507 e. The summed E-state index contributed by atoms with van der Waals surface area (Å²) in [5.74, 6) is -10.4. The molecule has 39 heavy (non-hydrogen) atoms. The Morgan fingerprint density at radius 2 is 1.74 bits per heavy atom. The lowest BCUT2D eigenvalue weighted by Gasteiger charge is -2.52. The summed E-state index contributed by atoms with van der Waals surface area (Å²) in [5, 5.41) is 25.6. The molecule has 3 unspecified atom stereocenters. The van der Waals surface area contributed by atoms with Crippen LogP contribution in [0.3, 0.4) is 0 Å². The summed E-state index contributed by atoms with van der Waals surface area (Å²) in [6.07, 6.45) is 0.263. The van der Waals surface area contributed by atoms with Crippen LogP contribution in [-0.2, 0) is 38.7 Å². The fraction of sp³-hybridized carbons (Fsp3) is 0.414. The van der Waals surface area contributed by atoms with E-state index in [1.54, 1.807) is 20.2 Å². The van der Waals surface area contributed by atoms with E-state index >= 15 is 0 Å². The monoisotopic (exact) mass is 533 g/mol. The van der Waals surface area contributed by atoms with Gasteiger partial charge in [-0.25, -0.2) is 0 Å². The second kappa shape index (κ2) is 9.78. The Labute approximate surface area is 225 Å². The Bertz CT molecular complexity index is 1390. The van der Waals surface area contributed by atoms with Gasteiger partial charge in [0.25, 0.3) is 0 Å². The van der Waals surface area contributed by atoms with Gasteiger partial charge in [-0.1, -0.05) is 36.4 Å². The first-order valence-electron chi connectivity index (χ1n) is 12.9. The first kappa shape index (κ1) is 26.9. The number of ketones is 4. The third-order valence-corrected chi connectivity index (χ3v) is 8.53. The zero-order valence-electron chi connectivity index (χ0n) is 21.7. The maximum atomic E-state index is 13.8. The van der Waals surface area contributed by atoms with Crippen LogP contribution in [-0.4, -0.2) is 69.9 Å². The van der Waals surface area contributed by atoms with Gasteiger partial charge < -0.3 is 21.3 Å². The van der Waals surface area contributed by atoms with Crippen LogP contribution in [0.5, 0.6) is 5.75 Å². The van der Waals surface area contributed by atoms with Crippen LogP contribution in [0.25, 0.3) is 0 Å². The van der Waals surface area contributed by atoms with E-state index in [1.807, 2.05) is 30.3 Å². The molecule has 2 fully saturated rings. The van der Waals surface area contributed by atoms with E-state index in [1.165, 1.54) is 11.0 Å². The number of likely N-dealkylation sites (N-methyl/N-ethyl adjacent to an activating group) is 1. The molecular formula is C29H31N3O7. The fourth-order valence-electron chi connectivity index (χ4n) is 6.77. The number of hydrogen-bond donors (Lipinski definition) is 4. The maximum Gasteiger partial charge on any atom is 0.235 e. The molecule has 6 atom stereocenters. The molecule has 1 amide bonds. The van der Waals surface area contributed by atoms with Crippen LogP contribution in [0.2, 0.25) is 0 Å². The number of carbonyl (C=O) groups excluding carboxylic acids is 5. The molecule has 0 radical (unpaired) electrons. The van der Waals surface area contributed by atoms with Crippen molar-refractivity contribution in [3.63, 3.8) is 0 Å². The minimum atomic E-state index is -2.72. The quantitative estimate of drug-likeness (QED) is 0.378. The van der Waals surface area contributed by atoms with Crippen molar-refractivity contribution >= 4 is 29.0 Å². The molecule has 5 rings (SSSR count). The van der Waals surface area contributed by atoms with Crippen LogP contribution < -0.4 is 11.1 Å². The molecule has 10 heteroatoms. The van der Waals surface area contributed by atoms with Crippen molar-refractivity contribution in [1.29, 1.82) is 0 Å². The molecule has 0 heterocycles. The Morgan fingerprint density at radius 3 is 2.38 bits per heavy atom. The predicted octanol–water partition coefficient (Wildman–Crippen LogP) is 0.157. The average molecular weight is 534 g/mol. The number of primary amides is 1. The molecule has 3 aliphatic carbocycles. The number of hydrogen-bond acceptors (Lipinski definition) is 9. The minimum absolute atomic E-state index is 0.000562. The summed E-state index contributed by atoms with van der Waals surface area (Å²) in [4.78, 5) is 67.6. The van der Waals surface area contributed by atoms with Crippen molar-refractivity contribution in [1.82, 2.24) is 10.2 Å². The number of rotatable bonds is 6. The first-order valence-corrected chi connectivity index (χ1v) is 12.9. The van der Waals surface area contributed by atoms with Crippen LogP contribution in [0.1, 0.15) is 33.5 Å². The summed E-state index contributed by atoms with van der Waals surface area (Å²) >= 11 is 0. The number of nitrogens with one attached hydrogen (secondary N) is 1. The van der Waals surface area contributed by atoms with Gasteiger partial charge in [0.1, 0.15) is 5.75 Å². The van der Waals surface area contributed by atoms with Gasteiger partial charge in [-0.15, -0.1) is 0 Å². The maximum absolute atomic E-state index is 13.8. The lowest BCUT2D eigenvalue weighted by atomic mass is 9.52. The van der Waals surface area contributed by atoms with Crippen molar-refractivity contribution in [3.05, 3.63) is 64.7 Å². The zero-order chi connectivity index (χ0) is 28.2. The van der Waals surface area contributed by atoms with Crippen LogP contribution in [0, 0.1) is 23.7 Å². The highest BCUT2D eigenvalue weighted by molar-refractivity contribution is 6.32. The molecule has 0 bridgehead atoms. The lowest BCUT2D eigenvalue weighted by molar-refractivity contribution is -0.181. The highest BCUT2D eigenvalue weighted by Crippen LogP contribution is 2.51. The molecule has 0 spiro atoms. The number of carbonyl (C=O) groups is 5. The summed E-state index contributed by atoms with van der Waals surface area (Å²) in [6, 6.07) is 11.8. The molecule has 204 valence electrons. The molecule has 0 aromatic heterocycles. The van der Waals surface area contributed by atoms with Crippen molar-refractivity contribution in [2.24, 2.45) is 29.4 Å². The van der Waals surface area contributed by atoms with Gasteiger partial charge in [-0.2, -0.15) is 0 Å². The summed E-state index contributed by atoms with van der Waals surface area (Å²) < 4.78 is 0. The number of phenolic OH excluding ortho intramolecular Hbond substituents is 1. The molecule has 3 aliphatic rings. The highest BCUT2D eigenvalue weighted by Gasteiger charge is 2.69. The number of nitrogens with zero attached hydrogens (tertiary/aromatic N) is 1. The average Bonchev–Trinajstić information content (AvgIpc) is 2.87. The van der Waals surface area contributed by atoms with Gasteiger partial charge in [0.05, 0.1) is 17.5 Å². The van der Waals surface area contributed by atoms with Crippen LogP contribution in [0.4, 0.5) is 0 Å². The Morgan fingerprint density at radius 1 is 1.05 bits per heavy atom. The molecule has 2 aromatic carbocycles. The van der Waals surface area contributed by atoms with Crippen molar-refractivity contribution in [3.8, 4) is 5.75 Å². The smallest absolute Gasteiger partial charge is 0.235 e. The summed E-state index contributed by atoms with van der Waals surface area (Å²) in [6.45, 7) is 0.987. The number of aromatic hydroxyl groups is 1. The van der Waals surface area contributed by atoms with Crippen LogP contribution >= 0.6 is 0 Å². The lowest BCUT2D eigenvalue weighted by Crippen LogP contribution is -2.74. The van der Waals surface area contributed by atoms with E-state index in [9.17, 15) is 34.2 Å². The van der Waals surface area contributed by atoms with Gasteiger partial charge in [0, 0.05) is 19.0 Å². The zero-order valence-corrected chi connectivity index (χ0v) is 21.7. The van der Waals surface area contributed by atoms with Gasteiger partial charge in [0.2, 0.25) is 5.91 Å². The Hall–Kier alpha value is -3.73. The number of amides is 1. The topological polar surface area (TPSA) is 167 Å². The first-order chi connectivity index (χ1) is 18.5. The van der Waals surface area contributed by atoms with E-state index in [-0.39, 0.29) is 24.2 Å². The molecule has 2 saturated carbocycles. The second-order valence-electron chi connectivity index (χ2n) is 11.0. The normalized spacial score (nSPS) is 30.1. The second-order valence-corrected chi connectivity index (χ2v) is 11.0. The van der Waals surface area contributed by atoms with Gasteiger partial charge in [-0.05, 0) is 55.6 Å². The van der Waals surface area contributed by atoms with E-state index < -0.39 is 64.4 Å². The SMILES string of the molecule is CN(C)C1C(=O)C(C(N)=O)C(=O)[C@@]2(O)C(=O)C3C(=O)c4c(O)ccc(CNCc5ccccc5)c4C[C@H]3C[C@@H]12. The fourth-order valence-corrected chi connectivity index (χ4v) is 6.77. The number of phenols is 1. The highest BCUT2D eigenvalue weighted by atomic mass is 16.3. The predicted molar refractivity (Wildman–Crippen MR) is 138 cm³/mol. The van der Waals surface area contributed by atoms with Gasteiger partial charge in [-0.3, -0.25) is 28.9 Å². The number of nitrogens with two attached hydrogens (primary N) is 1. The Kier molecular flexibility index (Phi) is 6.74. The molecule has 10 nitrogen and oxygen atoms in total. The minimum Gasteiger partial charge on any atom is -0.507 e. The van der Waals surface area contributed by atoms with Crippen molar-refractivity contribution in [2.45, 2.75) is 37.6 Å². The van der Waals surface area contributed by atoms with E-state index in [4.69, 9.17) is 5.73 Å². The van der Waals surface area contributed by atoms with Crippen LogP contribution in [0.15, 0.2) is 42.5 Å². The van der Waals surface area contributed by atoms with Crippen molar-refractivity contribution < 1.29 is 34.2 Å². The van der Waals surface area contributed by atoms with E-state index in [0.29, 0.717) is 18.7 Å². The number of fused-ring (bicyclic) bond motifs is 3. The van der Waals surface area contributed by atoms with E-state index in [2.05, 4.69) is 5.32 Å². The standard InChI is InChI=1S/C29H31N3O7/c1-32(2)23-18-11-16-10-17-15(13-31-12-14-6-4-3-5-7-14)8-9-19(33)21(17)24(34)20(16)26(36)29(18,39)27(37)22(25(23)35)28(30)38/h3-9,16,18,20,22-23,31,33,39H,10-13H2,1-2H3,(H2,30,38)/t16-,18-,20?,22?,23?,29-/m0/s1. The number of Topliss-reactive ketones (excluding diaryl/α,β-unsaturated/α-hetero) is 4. The van der Waals surface area contributed by atoms with Gasteiger partial charge in [0.15, 0.2) is 34.7 Å². The third kappa shape index (κ3) is 4.10. The molecule has 5 N–H and O–H groups in total. The number of benzene rings is 2. The third-order valence-electron chi connectivity index (χ3n) is 8.53. The van der Waals surface area contributed by atoms with Crippen molar-refractivity contribution in [2.75, 3.05) is 14.1 Å². The molecule has 2 aromatic rings. The van der Waals surface area contributed by atoms with E-state index in [0.717, 1.165) is 11.1 Å². The molecule has 0 saturated heterocycles. The molecule has 0 aliphatic heterocycles. The number of aliphatic hydroxyl groups is 1. The molecular weight excluding hydrogens is 502 g/mol. The summed E-state index contributed by atoms with van der Waals surface area (Å²) in [7, 11) is 3.12. The van der Waals surface area contributed by atoms with Gasteiger partial charge >= 0.3 is 0 Å². The summed E-state index contributed by atoms with van der Waals surface area (Å²) in [5.41, 5.74) is 5.09. The Balaban J connectivity index is 1.51.